The minimum Gasteiger partial charge on any atom is -0.356 e. The van der Waals surface area contributed by atoms with Gasteiger partial charge in [0.25, 0.3) is 0 Å². The molecule has 0 radical (unpaired) electrons. The molecule has 2 N–H and O–H groups in total. The van der Waals surface area contributed by atoms with Gasteiger partial charge in [-0.2, -0.15) is 0 Å². The van der Waals surface area contributed by atoms with Gasteiger partial charge in [0, 0.05) is 52.4 Å². The van der Waals surface area contributed by atoms with E-state index in [0.29, 0.717) is 12.0 Å². The summed E-state index contributed by atoms with van der Waals surface area (Å²) in [4.78, 5) is 9.38. The van der Waals surface area contributed by atoms with E-state index in [-0.39, 0.29) is 24.0 Å². The van der Waals surface area contributed by atoms with E-state index >= 15 is 0 Å². The number of likely N-dealkylation sites (N-methyl/N-ethyl adjacent to an activating group) is 1. The predicted octanol–water partition coefficient (Wildman–Crippen LogP) is 1.99. The second-order valence-corrected chi connectivity index (χ2v) is 7.14. The van der Waals surface area contributed by atoms with Gasteiger partial charge >= 0.3 is 0 Å². The van der Waals surface area contributed by atoms with Crippen LogP contribution in [0.2, 0.25) is 0 Å². The SMILES string of the molecule is CN=C(NCC(C)CN1CCN(C)CC1)NC1CCCCC1.I. The van der Waals surface area contributed by atoms with Crippen LogP contribution in [0.25, 0.3) is 0 Å². The molecule has 0 aromatic carbocycles. The smallest absolute Gasteiger partial charge is 0.191 e. The summed E-state index contributed by atoms with van der Waals surface area (Å²) in [5.41, 5.74) is 0. The molecule has 0 bridgehead atoms. The highest BCUT2D eigenvalue weighted by Crippen LogP contribution is 2.17. The Bertz CT molecular complexity index is 336. The lowest BCUT2D eigenvalue weighted by Gasteiger charge is -2.34. The molecular weight excluding hydrogens is 401 g/mol. The van der Waals surface area contributed by atoms with Gasteiger partial charge in [0.05, 0.1) is 0 Å². The van der Waals surface area contributed by atoms with Crippen molar-refractivity contribution in [3.05, 3.63) is 0 Å². The first-order valence-electron chi connectivity index (χ1n) is 9.05. The summed E-state index contributed by atoms with van der Waals surface area (Å²) in [5.74, 6) is 1.63. The number of hydrogen-bond acceptors (Lipinski definition) is 3. The van der Waals surface area contributed by atoms with Crippen molar-refractivity contribution in [1.82, 2.24) is 20.4 Å². The maximum Gasteiger partial charge on any atom is 0.191 e. The second-order valence-electron chi connectivity index (χ2n) is 7.14. The van der Waals surface area contributed by atoms with Crippen molar-refractivity contribution in [2.45, 2.75) is 45.1 Å². The summed E-state index contributed by atoms with van der Waals surface area (Å²) in [6, 6.07) is 0.618. The molecule has 136 valence electrons. The molecule has 1 unspecified atom stereocenters. The van der Waals surface area contributed by atoms with Crippen LogP contribution in [0.5, 0.6) is 0 Å². The molecule has 1 aliphatic heterocycles. The van der Waals surface area contributed by atoms with Gasteiger partial charge in [-0.1, -0.05) is 26.2 Å². The van der Waals surface area contributed by atoms with Crippen LogP contribution in [0.15, 0.2) is 4.99 Å². The Morgan fingerprint density at radius 3 is 2.39 bits per heavy atom. The molecule has 0 aromatic heterocycles. The Balaban J connectivity index is 0.00000264. The van der Waals surface area contributed by atoms with Crippen LogP contribution in [0.1, 0.15) is 39.0 Å². The number of piperazine rings is 1. The summed E-state index contributed by atoms with van der Waals surface area (Å²) in [5, 5.41) is 7.11. The number of guanidine groups is 1. The fourth-order valence-electron chi connectivity index (χ4n) is 3.44. The molecule has 2 fully saturated rings. The zero-order chi connectivity index (χ0) is 15.8. The molecule has 23 heavy (non-hydrogen) atoms. The molecule has 2 rings (SSSR count). The molecule has 1 atom stereocenters. The van der Waals surface area contributed by atoms with Gasteiger partial charge in [-0.3, -0.25) is 4.99 Å². The van der Waals surface area contributed by atoms with Crippen molar-refractivity contribution in [2.24, 2.45) is 10.9 Å². The zero-order valence-electron chi connectivity index (χ0n) is 15.2. The monoisotopic (exact) mass is 437 g/mol. The van der Waals surface area contributed by atoms with E-state index in [2.05, 4.69) is 39.4 Å². The fourth-order valence-corrected chi connectivity index (χ4v) is 3.44. The number of nitrogens with one attached hydrogen (secondary N) is 2. The molecule has 0 amide bonds. The molecule has 5 nitrogen and oxygen atoms in total. The van der Waals surface area contributed by atoms with Gasteiger partial charge in [0.1, 0.15) is 0 Å². The first-order chi connectivity index (χ1) is 10.7. The molecule has 1 aliphatic carbocycles. The summed E-state index contributed by atoms with van der Waals surface area (Å²) < 4.78 is 0. The van der Waals surface area contributed by atoms with Crippen LogP contribution in [0.4, 0.5) is 0 Å². The highest BCUT2D eigenvalue weighted by molar-refractivity contribution is 14.0. The van der Waals surface area contributed by atoms with Gasteiger partial charge in [0.2, 0.25) is 0 Å². The Labute approximate surface area is 159 Å². The molecule has 0 spiro atoms. The third-order valence-electron chi connectivity index (χ3n) is 4.95. The van der Waals surface area contributed by atoms with E-state index in [0.717, 1.165) is 12.5 Å². The molecular formula is C17H36IN5. The van der Waals surface area contributed by atoms with Crippen LogP contribution in [0, 0.1) is 5.92 Å². The van der Waals surface area contributed by atoms with E-state index in [1.807, 2.05) is 7.05 Å². The van der Waals surface area contributed by atoms with Crippen molar-refractivity contribution in [3.63, 3.8) is 0 Å². The number of aliphatic imine (C=N–C) groups is 1. The highest BCUT2D eigenvalue weighted by Gasteiger charge is 2.17. The first kappa shape index (κ1) is 21.0. The van der Waals surface area contributed by atoms with E-state index < -0.39 is 0 Å². The average molecular weight is 437 g/mol. The molecule has 6 heteroatoms. The Kier molecular flexibility index (Phi) is 10.5. The fraction of sp³-hybridized carbons (Fsp3) is 0.941. The van der Waals surface area contributed by atoms with Crippen molar-refractivity contribution in [1.29, 1.82) is 0 Å². The van der Waals surface area contributed by atoms with Gasteiger partial charge in [-0.05, 0) is 25.8 Å². The Morgan fingerprint density at radius 1 is 1.13 bits per heavy atom. The van der Waals surface area contributed by atoms with Crippen LogP contribution in [-0.2, 0) is 0 Å². The lowest BCUT2D eigenvalue weighted by molar-refractivity contribution is 0.139. The summed E-state index contributed by atoms with van der Waals surface area (Å²) in [7, 11) is 4.09. The van der Waals surface area contributed by atoms with Gasteiger partial charge in [-0.15, -0.1) is 24.0 Å². The highest BCUT2D eigenvalue weighted by atomic mass is 127. The largest absolute Gasteiger partial charge is 0.356 e. The molecule has 0 aromatic rings. The van der Waals surface area contributed by atoms with Gasteiger partial charge in [0.15, 0.2) is 5.96 Å². The standard InChI is InChI=1S/C17H35N5.HI/c1-15(14-22-11-9-21(3)10-12-22)13-19-17(18-2)20-16-7-5-4-6-8-16;/h15-16H,4-14H2,1-3H3,(H2,18,19,20);1H. The summed E-state index contributed by atoms with van der Waals surface area (Å²) >= 11 is 0. The lowest BCUT2D eigenvalue weighted by atomic mass is 9.96. The predicted molar refractivity (Wildman–Crippen MR) is 110 cm³/mol. The van der Waals surface area contributed by atoms with Crippen LogP contribution in [0.3, 0.4) is 0 Å². The average Bonchev–Trinajstić information content (AvgIpc) is 2.54. The number of rotatable bonds is 5. The quantitative estimate of drug-likeness (QED) is 0.392. The molecule has 1 saturated carbocycles. The van der Waals surface area contributed by atoms with Gasteiger partial charge < -0.3 is 20.4 Å². The number of halogens is 1. The summed E-state index contributed by atoms with van der Waals surface area (Å²) in [6.45, 7) is 9.32. The second kappa shape index (κ2) is 11.5. The minimum atomic E-state index is 0. The van der Waals surface area contributed by atoms with E-state index in [9.17, 15) is 0 Å². The number of nitrogens with zero attached hydrogens (tertiary/aromatic N) is 3. The molecule has 1 saturated heterocycles. The van der Waals surface area contributed by atoms with Crippen LogP contribution >= 0.6 is 24.0 Å². The zero-order valence-corrected chi connectivity index (χ0v) is 17.5. The van der Waals surface area contributed by atoms with Crippen molar-refractivity contribution < 1.29 is 0 Å². The Hall–Kier alpha value is -0.0800. The lowest BCUT2D eigenvalue weighted by Crippen LogP contribution is -2.48. The van der Waals surface area contributed by atoms with E-state index in [1.165, 1.54) is 64.8 Å². The van der Waals surface area contributed by atoms with Gasteiger partial charge in [-0.25, -0.2) is 0 Å². The Morgan fingerprint density at radius 2 is 1.78 bits per heavy atom. The van der Waals surface area contributed by atoms with Crippen LogP contribution < -0.4 is 10.6 Å². The van der Waals surface area contributed by atoms with Crippen molar-refractivity contribution in [3.8, 4) is 0 Å². The normalized spacial score (nSPS) is 23.2. The van der Waals surface area contributed by atoms with Crippen molar-refractivity contribution >= 4 is 29.9 Å². The van der Waals surface area contributed by atoms with E-state index in [4.69, 9.17) is 0 Å². The topological polar surface area (TPSA) is 42.9 Å². The van der Waals surface area contributed by atoms with Crippen LogP contribution in [-0.4, -0.2) is 75.2 Å². The molecule has 2 aliphatic rings. The first-order valence-corrected chi connectivity index (χ1v) is 9.05. The number of hydrogen-bond donors (Lipinski definition) is 2. The van der Waals surface area contributed by atoms with Crippen molar-refractivity contribution in [2.75, 3.05) is 53.4 Å². The van der Waals surface area contributed by atoms with E-state index in [1.54, 1.807) is 0 Å². The third kappa shape index (κ3) is 8.03. The molecule has 1 heterocycles. The minimum absolute atomic E-state index is 0. The third-order valence-corrected chi connectivity index (χ3v) is 4.95. The summed E-state index contributed by atoms with van der Waals surface area (Å²) in [6.07, 6.45) is 6.68. The maximum atomic E-state index is 4.39. The maximum absolute atomic E-state index is 4.39.